The van der Waals surface area contributed by atoms with E-state index in [1.165, 1.54) is 12.1 Å². The van der Waals surface area contributed by atoms with E-state index in [2.05, 4.69) is 4.90 Å². The van der Waals surface area contributed by atoms with Crippen LogP contribution >= 0.6 is 0 Å². The number of ether oxygens (including phenoxy) is 3. The molecule has 0 aromatic heterocycles. The van der Waals surface area contributed by atoms with Crippen LogP contribution in [0, 0.1) is 11.6 Å². The molecule has 2 aromatic rings. The first-order valence-corrected chi connectivity index (χ1v) is 11.1. The van der Waals surface area contributed by atoms with Crippen molar-refractivity contribution in [1.29, 1.82) is 0 Å². The van der Waals surface area contributed by atoms with Crippen LogP contribution in [0.15, 0.2) is 42.5 Å². The number of esters is 1. The molecule has 1 unspecified atom stereocenters. The van der Waals surface area contributed by atoms with Gasteiger partial charge >= 0.3 is 18.0 Å². The molecule has 0 N–H and O–H groups in total. The summed E-state index contributed by atoms with van der Waals surface area (Å²) < 4.78 is 42.9. The van der Waals surface area contributed by atoms with Crippen LogP contribution in [0.5, 0.6) is 0 Å². The number of halogens is 2. The second kappa shape index (κ2) is 9.23. The predicted octanol–water partition coefficient (Wildman–Crippen LogP) is 2.78. The highest BCUT2D eigenvalue weighted by atomic mass is 19.2. The monoisotopic (exact) mass is 488 g/mol. The van der Waals surface area contributed by atoms with Gasteiger partial charge in [-0.05, 0) is 28.8 Å². The van der Waals surface area contributed by atoms with Gasteiger partial charge in [-0.3, -0.25) is 0 Å². The average molecular weight is 488 g/mol. The highest BCUT2D eigenvalue weighted by molar-refractivity contribution is 6.30. The number of benzene rings is 2. The van der Waals surface area contributed by atoms with Crippen LogP contribution in [0.25, 0.3) is 11.1 Å². The van der Waals surface area contributed by atoms with Crippen molar-refractivity contribution in [2.45, 2.75) is 31.3 Å². The number of likely N-dealkylation sites (tertiary alicyclic amines) is 1. The normalized spacial score (nSPS) is 21.5. The first-order valence-electron chi connectivity index (χ1n) is 11.1. The van der Waals surface area contributed by atoms with E-state index in [0.717, 1.165) is 17.2 Å². The number of carbonyl (C=O) groups is 3. The smallest absolute Gasteiger partial charge is 0.434 e. The van der Waals surface area contributed by atoms with Crippen molar-refractivity contribution >= 4 is 18.0 Å². The van der Waals surface area contributed by atoms with Crippen molar-refractivity contribution in [2.75, 3.05) is 26.2 Å². The molecule has 1 amide bonds. The second-order valence-electron chi connectivity index (χ2n) is 8.61. The van der Waals surface area contributed by atoms with Crippen LogP contribution in [-0.4, -0.2) is 66.1 Å². The molecule has 3 aliphatic rings. The Balaban J connectivity index is 1.07. The fraction of sp³-hybridized carbons (Fsp3) is 0.375. The summed E-state index contributed by atoms with van der Waals surface area (Å²) in [7, 11) is 0. The average Bonchev–Trinajstić information content (AvgIpc) is 3.10. The summed E-state index contributed by atoms with van der Waals surface area (Å²) in [4.78, 5) is 41.9. The highest BCUT2D eigenvalue weighted by Gasteiger charge is 2.62. The van der Waals surface area contributed by atoms with Crippen LogP contribution in [0.2, 0.25) is 0 Å². The lowest BCUT2D eigenvalue weighted by Crippen LogP contribution is -2.57. The maximum absolute atomic E-state index is 13.4. The molecule has 11 heteroatoms. The van der Waals surface area contributed by atoms with Crippen LogP contribution in [-0.2, 0) is 35.2 Å². The van der Waals surface area contributed by atoms with Gasteiger partial charge < -0.3 is 23.9 Å². The summed E-state index contributed by atoms with van der Waals surface area (Å²) >= 11 is 0. The zero-order valence-corrected chi connectivity index (χ0v) is 18.6. The molecule has 3 fully saturated rings. The number of hydrogen-bond acceptors (Lipinski definition) is 8. The van der Waals surface area contributed by atoms with Crippen molar-refractivity contribution in [3.8, 4) is 11.1 Å². The van der Waals surface area contributed by atoms with Gasteiger partial charge in [0.25, 0.3) is 6.23 Å². The van der Waals surface area contributed by atoms with Crippen LogP contribution in [0.3, 0.4) is 0 Å². The lowest BCUT2D eigenvalue weighted by atomic mass is 9.89. The van der Waals surface area contributed by atoms with E-state index >= 15 is 0 Å². The molecule has 0 bridgehead atoms. The molecule has 0 saturated carbocycles. The maximum Gasteiger partial charge on any atom is 0.447 e. The Hall–Kier alpha value is -3.57. The van der Waals surface area contributed by atoms with Crippen molar-refractivity contribution < 1.29 is 42.2 Å². The van der Waals surface area contributed by atoms with Crippen LogP contribution < -0.4 is 0 Å². The number of amides is 1. The Morgan fingerprint density at radius 2 is 1.66 bits per heavy atom. The van der Waals surface area contributed by atoms with E-state index in [1.54, 1.807) is 0 Å². The molecule has 2 aromatic carbocycles. The summed E-state index contributed by atoms with van der Waals surface area (Å²) in [6, 6.07) is 11.2. The summed E-state index contributed by atoms with van der Waals surface area (Å²) in [6.45, 7) is 2.68. The Kier molecular flexibility index (Phi) is 6.12. The Morgan fingerprint density at radius 3 is 2.37 bits per heavy atom. The van der Waals surface area contributed by atoms with E-state index < -0.39 is 41.5 Å². The van der Waals surface area contributed by atoms with Gasteiger partial charge in [-0.1, -0.05) is 35.4 Å². The molecular weight excluding hydrogens is 466 g/mol. The van der Waals surface area contributed by atoms with E-state index in [-0.39, 0.29) is 0 Å². The Bertz CT molecular complexity index is 1150. The summed E-state index contributed by atoms with van der Waals surface area (Å²) in [5, 5.41) is 0.695. The quantitative estimate of drug-likeness (QED) is 0.348. The van der Waals surface area contributed by atoms with Crippen molar-refractivity contribution in [3.05, 3.63) is 59.7 Å². The summed E-state index contributed by atoms with van der Waals surface area (Å²) in [5.41, 5.74) is 1.27. The first-order chi connectivity index (χ1) is 16.8. The first kappa shape index (κ1) is 23.2. The number of hydrogen-bond donors (Lipinski definition) is 0. The molecule has 1 spiro atoms. The number of piperidine rings is 1. The third-order valence-corrected chi connectivity index (χ3v) is 6.43. The number of carbonyl (C=O) groups excluding carboxylic acids is 3. The van der Waals surface area contributed by atoms with Crippen molar-refractivity contribution in [2.24, 2.45) is 0 Å². The lowest BCUT2D eigenvalue weighted by molar-refractivity contribution is -0.251. The molecule has 5 rings (SSSR count). The molecule has 3 saturated heterocycles. The molecule has 1 atom stereocenters. The van der Waals surface area contributed by atoms with Crippen LogP contribution in [0.1, 0.15) is 18.4 Å². The van der Waals surface area contributed by atoms with Gasteiger partial charge in [0.1, 0.15) is 0 Å². The number of rotatable bonds is 6. The SMILES string of the molecule is O=C1OC2N(OC1=O)C(=O)OC21CCN(CCOCc2ccc(-c3ccc(F)c(F)c3)cc2)CC1. The van der Waals surface area contributed by atoms with Gasteiger partial charge in [0.05, 0.1) is 13.2 Å². The fourth-order valence-electron chi connectivity index (χ4n) is 4.45. The molecular formula is C24H22F2N2O7. The van der Waals surface area contributed by atoms with Crippen molar-refractivity contribution in [3.63, 3.8) is 0 Å². The van der Waals surface area contributed by atoms with Gasteiger partial charge in [-0.2, -0.15) is 0 Å². The zero-order chi connectivity index (χ0) is 24.6. The lowest BCUT2D eigenvalue weighted by Gasteiger charge is -2.40. The minimum atomic E-state index is -1.25. The standard InChI is InChI=1S/C24H22F2N2O7/c25-18-6-5-17(13-19(18)26)16-3-1-15(2-4-16)14-32-12-11-27-9-7-24(8-10-27)22-28(23(31)34-24)35-21(30)20(29)33-22/h1-6,13,22H,7-12,14H2. The zero-order valence-electron chi connectivity index (χ0n) is 18.6. The molecule has 3 heterocycles. The summed E-state index contributed by atoms with van der Waals surface area (Å²) in [5.74, 6) is -4.15. The highest BCUT2D eigenvalue weighted by Crippen LogP contribution is 2.40. The van der Waals surface area contributed by atoms with Crippen LogP contribution in [0.4, 0.5) is 13.6 Å². The third-order valence-electron chi connectivity index (χ3n) is 6.43. The van der Waals surface area contributed by atoms with E-state index in [0.29, 0.717) is 56.3 Å². The van der Waals surface area contributed by atoms with Gasteiger partial charge in [0.2, 0.25) is 0 Å². The maximum atomic E-state index is 13.4. The number of fused-ring (bicyclic) bond motifs is 2. The fourth-order valence-corrected chi connectivity index (χ4v) is 4.45. The molecule has 3 aliphatic heterocycles. The summed E-state index contributed by atoms with van der Waals surface area (Å²) in [6.07, 6.45) is -1.09. The minimum absolute atomic E-state index is 0.395. The predicted molar refractivity (Wildman–Crippen MR) is 114 cm³/mol. The molecule has 35 heavy (non-hydrogen) atoms. The van der Waals surface area contributed by atoms with E-state index in [9.17, 15) is 23.2 Å². The van der Waals surface area contributed by atoms with E-state index in [4.69, 9.17) is 19.0 Å². The van der Waals surface area contributed by atoms with Gasteiger partial charge in [0, 0.05) is 32.5 Å². The molecule has 184 valence electrons. The number of nitrogens with zero attached hydrogens (tertiary/aromatic N) is 2. The second-order valence-corrected chi connectivity index (χ2v) is 8.61. The van der Waals surface area contributed by atoms with E-state index in [1.807, 2.05) is 24.3 Å². The van der Waals surface area contributed by atoms with Crippen molar-refractivity contribution in [1.82, 2.24) is 9.96 Å². The van der Waals surface area contributed by atoms with Gasteiger partial charge in [-0.15, -0.1) is 0 Å². The number of hydroxylamine groups is 2. The molecule has 0 aliphatic carbocycles. The topological polar surface area (TPSA) is 94.6 Å². The Labute approximate surface area is 199 Å². The Morgan fingerprint density at radius 1 is 0.943 bits per heavy atom. The largest absolute Gasteiger partial charge is 0.447 e. The molecule has 9 nitrogen and oxygen atoms in total. The molecule has 0 radical (unpaired) electrons. The minimum Gasteiger partial charge on any atom is -0.434 e. The third kappa shape index (κ3) is 4.56. The van der Waals surface area contributed by atoms with Gasteiger partial charge in [-0.25, -0.2) is 23.2 Å². The van der Waals surface area contributed by atoms with Gasteiger partial charge in [0.15, 0.2) is 17.2 Å².